The van der Waals surface area contributed by atoms with Crippen molar-refractivity contribution in [3.8, 4) is 11.3 Å². The lowest BCUT2D eigenvalue weighted by Gasteiger charge is -2.27. The van der Waals surface area contributed by atoms with Crippen LogP contribution in [0.25, 0.3) is 11.3 Å². The number of hydrogen-bond donors (Lipinski definition) is 1. The first kappa shape index (κ1) is 24.2. The molecule has 2 aromatic heterocycles. The molecule has 0 saturated heterocycles. The van der Waals surface area contributed by atoms with Gasteiger partial charge in [0.2, 0.25) is 5.95 Å². The lowest BCUT2D eigenvalue weighted by molar-refractivity contribution is -0.137. The first-order valence-corrected chi connectivity index (χ1v) is 11.0. The van der Waals surface area contributed by atoms with Crippen molar-refractivity contribution < 1.29 is 18.0 Å². The molecule has 3 heterocycles. The summed E-state index contributed by atoms with van der Waals surface area (Å²) in [5.74, 6) is 1.12. The zero-order valence-electron chi connectivity index (χ0n) is 19.8. The van der Waals surface area contributed by atoms with Crippen LogP contribution in [0.4, 0.5) is 41.2 Å². The molecule has 184 valence electrons. The van der Waals surface area contributed by atoms with Crippen LogP contribution in [-0.2, 0) is 6.18 Å². The molecule has 2 amide bonds. The molecule has 1 aromatic carbocycles. The second-order valence-electron chi connectivity index (χ2n) is 8.61. The number of alkyl halides is 3. The molecule has 1 aliphatic heterocycles. The quantitative estimate of drug-likeness (QED) is 0.569. The molecule has 0 fully saturated rings. The van der Waals surface area contributed by atoms with Gasteiger partial charge in [0.15, 0.2) is 5.82 Å². The van der Waals surface area contributed by atoms with Crippen LogP contribution in [0.1, 0.15) is 18.9 Å². The van der Waals surface area contributed by atoms with E-state index in [1.807, 2.05) is 33.0 Å². The number of pyridine rings is 1. The molecule has 8 nitrogen and oxygen atoms in total. The van der Waals surface area contributed by atoms with Crippen LogP contribution in [0, 0.1) is 0 Å². The van der Waals surface area contributed by atoms with E-state index < -0.39 is 17.8 Å². The molecule has 0 radical (unpaired) electrons. The smallest absolute Gasteiger partial charge is 0.372 e. The summed E-state index contributed by atoms with van der Waals surface area (Å²) in [5.41, 5.74) is 0.582. The van der Waals surface area contributed by atoms with Gasteiger partial charge in [-0.05, 0) is 43.7 Å². The highest BCUT2D eigenvalue weighted by molar-refractivity contribution is 6.03. The minimum absolute atomic E-state index is 0.140. The molecule has 35 heavy (non-hydrogen) atoms. The Morgan fingerprint density at radius 3 is 2.63 bits per heavy atom. The van der Waals surface area contributed by atoms with Crippen molar-refractivity contribution in [1.82, 2.24) is 15.0 Å². The lowest BCUT2D eigenvalue weighted by atomic mass is 10.1. The highest BCUT2D eigenvalue weighted by Gasteiger charge is 2.32. The average molecular weight is 486 g/mol. The van der Waals surface area contributed by atoms with Gasteiger partial charge in [0.05, 0.1) is 16.9 Å². The van der Waals surface area contributed by atoms with Gasteiger partial charge in [-0.2, -0.15) is 18.2 Å². The van der Waals surface area contributed by atoms with Gasteiger partial charge in [0.25, 0.3) is 0 Å². The third-order valence-corrected chi connectivity index (χ3v) is 5.84. The number of rotatable bonds is 3. The number of hydrogen-bond acceptors (Lipinski definition) is 6. The Balaban J connectivity index is 1.74. The number of amides is 2. The van der Waals surface area contributed by atoms with Crippen molar-refractivity contribution in [2.75, 3.05) is 47.7 Å². The zero-order valence-corrected chi connectivity index (χ0v) is 19.8. The summed E-state index contributed by atoms with van der Waals surface area (Å²) < 4.78 is 39.8. The number of carbonyl (C=O) groups excluding carboxylic acids is 1. The maximum Gasteiger partial charge on any atom is 0.416 e. The predicted molar refractivity (Wildman–Crippen MR) is 130 cm³/mol. The van der Waals surface area contributed by atoms with E-state index in [-0.39, 0.29) is 12.0 Å². The summed E-state index contributed by atoms with van der Waals surface area (Å²) >= 11 is 0. The normalized spacial score (nSPS) is 15.9. The first-order chi connectivity index (χ1) is 16.5. The minimum atomic E-state index is -4.47. The second kappa shape index (κ2) is 9.40. The van der Waals surface area contributed by atoms with E-state index in [0.717, 1.165) is 12.1 Å². The van der Waals surface area contributed by atoms with E-state index in [2.05, 4.69) is 20.3 Å². The fraction of sp³-hybridized carbons (Fsp3) is 0.333. The van der Waals surface area contributed by atoms with Gasteiger partial charge in [-0.15, -0.1) is 0 Å². The summed E-state index contributed by atoms with van der Waals surface area (Å²) in [6.45, 7) is 2.58. The molecule has 0 unspecified atom stereocenters. The number of aromatic nitrogens is 3. The second-order valence-corrected chi connectivity index (χ2v) is 8.61. The first-order valence-electron chi connectivity index (χ1n) is 11.0. The molecular formula is C24H26F3N7O. The largest absolute Gasteiger partial charge is 0.416 e. The van der Waals surface area contributed by atoms with Gasteiger partial charge in [-0.3, -0.25) is 10.2 Å². The van der Waals surface area contributed by atoms with Crippen LogP contribution < -0.4 is 20.0 Å². The standard InChI is InChI=1S/C24H26F3N7O/c1-15-11-13-33(4)19-9-8-18(16-6-5-7-17(14-16)24(25,26)27)29-21(19)34(15)23(35)31-22-28-12-10-20(30-22)32(2)3/h5-10,12,14-15H,11,13H2,1-4H3,(H,28,30,31,35)/t15-/m1/s1. The number of fused-ring (bicyclic) bond motifs is 1. The van der Waals surface area contributed by atoms with Gasteiger partial charge >= 0.3 is 12.2 Å². The lowest BCUT2D eigenvalue weighted by Crippen LogP contribution is -2.42. The van der Waals surface area contributed by atoms with E-state index >= 15 is 0 Å². The van der Waals surface area contributed by atoms with E-state index in [1.54, 1.807) is 35.4 Å². The number of halogens is 3. The predicted octanol–water partition coefficient (Wildman–Crippen LogP) is 4.89. The third-order valence-electron chi connectivity index (χ3n) is 5.84. The number of benzene rings is 1. The fourth-order valence-electron chi connectivity index (χ4n) is 3.88. The molecule has 0 saturated carbocycles. The van der Waals surface area contributed by atoms with Crippen LogP contribution in [0.2, 0.25) is 0 Å². The van der Waals surface area contributed by atoms with Gasteiger partial charge in [0.1, 0.15) is 5.82 Å². The Kier molecular flexibility index (Phi) is 6.51. The van der Waals surface area contributed by atoms with Gasteiger partial charge in [-0.1, -0.05) is 12.1 Å². The van der Waals surface area contributed by atoms with Crippen molar-refractivity contribution in [3.63, 3.8) is 0 Å². The molecular weight excluding hydrogens is 459 g/mol. The number of nitrogens with zero attached hydrogens (tertiary/aromatic N) is 6. The van der Waals surface area contributed by atoms with E-state index in [0.29, 0.717) is 41.5 Å². The van der Waals surface area contributed by atoms with E-state index in [4.69, 9.17) is 0 Å². The number of nitrogens with one attached hydrogen (secondary N) is 1. The number of carbonyl (C=O) groups is 1. The summed E-state index contributed by atoms with van der Waals surface area (Å²) in [6, 6.07) is 9.45. The molecule has 0 aliphatic carbocycles. The Hall–Kier alpha value is -3.89. The maximum absolute atomic E-state index is 13.4. The van der Waals surface area contributed by atoms with E-state index in [1.165, 1.54) is 11.0 Å². The van der Waals surface area contributed by atoms with Crippen molar-refractivity contribution in [2.45, 2.75) is 25.6 Å². The van der Waals surface area contributed by atoms with Gasteiger partial charge in [0, 0.05) is 45.5 Å². The summed E-state index contributed by atoms with van der Waals surface area (Å²) in [4.78, 5) is 31.9. The Bertz CT molecular complexity index is 1230. The zero-order chi connectivity index (χ0) is 25.3. The van der Waals surface area contributed by atoms with Crippen LogP contribution in [0.15, 0.2) is 48.7 Å². The number of anilines is 4. The molecule has 0 spiro atoms. The number of urea groups is 1. The van der Waals surface area contributed by atoms with E-state index in [9.17, 15) is 18.0 Å². The van der Waals surface area contributed by atoms with Gasteiger partial charge in [-0.25, -0.2) is 14.8 Å². The molecule has 3 aromatic rings. The summed E-state index contributed by atoms with van der Waals surface area (Å²) in [6.07, 6.45) is -2.25. The van der Waals surface area contributed by atoms with Crippen LogP contribution in [0.3, 0.4) is 0 Å². The van der Waals surface area contributed by atoms with Crippen molar-refractivity contribution in [1.29, 1.82) is 0 Å². The molecule has 11 heteroatoms. The third kappa shape index (κ3) is 5.13. The van der Waals surface area contributed by atoms with Crippen molar-refractivity contribution in [3.05, 3.63) is 54.2 Å². The summed E-state index contributed by atoms with van der Waals surface area (Å²) in [5, 5.41) is 2.74. The molecule has 1 atom stereocenters. The van der Waals surface area contributed by atoms with Crippen molar-refractivity contribution >= 4 is 29.3 Å². The Labute approximate surface area is 201 Å². The highest BCUT2D eigenvalue weighted by Crippen LogP contribution is 2.36. The molecule has 1 aliphatic rings. The van der Waals surface area contributed by atoms with Crippen LogP contribution in [0.5, 0.6) is 0 Å². The topological polar surface area (TPSA) is 77.5 Å². The molecule has 4 rings (SSSR count). The van der Waals surface area contributed by atoms with Crippen LogP contribution in [-0.4, -0.2) is 54.7 Å². The fourth-order valence-corrected chi connectivity index (χ4v) is 3.88. The molecule has 0 bridgehead atoms. The minimum Gasteiger partial charge on any atom is -0.372 e. The maximum atomic E-state index is 13.4. The molecule has 1 N–H and O–H groups in total. The van der Waals surface area contributed by atoms with Gasteiger partial charge < -0.3 is 9.80 Å². The summed E-state index contributed by atoms with van der Waals surface area (Å²) in [7, 11) is 5.55. The van der Waals surface area contributed by atoms with Crippen molar-refractivity contribution in [2.24, 2.45) is 0 Å². The monoisotopic (exact) mass is 485 g/mol. The Morgan fingerprint density at radius 1 is 1.14 bits per heavy atom. The highest BCUT2D eigenvalue weighted by atomic mass is 19.4. The Morgan fingerprint density at radius 2 is 1.91 bits per heavy atom. The average Bonchev–Trinajstić information content (AvgIpc) is 2.94. The SMILES string of the molecule is C[C@@H]1CCN(C)c2ccc(-c3cccc(C(F)(F)F)c3)nc2N1C(=O)Nc1nccc(N(C)C)n1. The van der Waals surface area contributed by atoms with Crippen LogP contribution >= 0.6 is 0 Å².